The molecule has 0 spiro atoms. The molecule has 0 aliphatic heterocycles. The number of rotatable bonds is 6. The van der Waals surface area contributed by atoms with Gasteiger partial charge in [0.2, 0.25) is 0 Å². The van der Waals surface area contributed by atoms with E-state index in [4.69, 9.17) is 0 Å². The zero-order valence-corrected chi connectivity index (χ0v) is 12.7. The Morgan fingerprint density at radius 1 is 1.25 bits per heavy atom. The maximum Gasteiger partial charge on any atom is 0.0655 e. The molecular formula is C17H23N3. The van der Waals surface area contributed by atoms with Gasteiger partial charge in [-0.3, -0.25) is 9.98 Å². The van der Waals surface area contributed by atoms with E-state index in [-0.39, 0.29) is 6.04 Å². The summed E-state index contributed by atoms with van der Waals surface area (Å²) in [7, 11) is 0. The number of aromatic nitrogens is 1. The third-order valence-corrected chi connectivity index (χ3v) is 2.82. The third kappa shape index (κ3) is 4.84. The predicted octanol–water partition coefficient (Wildman–Crippen LogP) is 4.30. The number of H-pyrrole nitrogens is 1. The van der Waals surface area contributed by atoms with Crippen molar-refractivity contribution >= 4 is 11.4 Å². The summed E-state index contributed by atoms with van der Waals surface area (Å²) in [5.74, 6) is 0. The van der Waals surface area contributed by atoms with Crippen LogP contribution in [0.3, 0.4) is 0 Å². The van der Waals surface area contributed by atoms with E-state index < -0.39 is 0 Å². The zero-order valence-electron chi connectivity index (χ0n) is 12.7. The predicted molar refractivity (Wildman–Crippen MR) is 88.8 cm³/mol. The molecule has 1 atom stereocenters. The van der Waals surface area contributed by atoms with Gasteiger partial charge in [0.1, 0.15) is 0 Å². The van der Waals surface area contributed by atoms with Crippen molar-refractivity contribution in [2.75, 3.05) is 0 Å². The van der Waals surface area contributed by atoms with Gasteiger partial charge in [-0.05, 0) is 45.9 Å². The first-order valence-electron chi connectivity index (χ1n) is 6.77. The van der Waals surface area contributed by atoms with Crippen LogP contribution in [0, 0.1) is 0 Å². The Morgan fingerprint density at radius 3 is 2.50 bits per heavy atom. The van der Waals surface area contributed by atoms with Crippen LogP contribution >= 0.6 is 0 Å². The molecular weight excluding hydrogens is 246 g/mol. The van der Waals surface area contributed by atoms with E-state index in [1.165, 1.54) is 0 Å². The number of aliphatic imine (C=N–C) groups is 2. The monoisotopic (exact) mass is 269 g/mol. The molecule has 3 heteroatoms. The smallest absolute Gasteiger partial charge is 0.0655 e. The highest BCUT2D eigenvalue weighted by Crippen LogP contribution is 2.07. The second-order valence-corrected chi connectivity index (χ2v) is 4.56. The molecule has 0 aliphatic carbocycles. The van der Waals surface area contributed by atoms with Crippen LogP contribution in [0.2, 0.25) is 0 Å². The lowest BCUT2D eigenvalue weighted by atomic mass is 10.2. The lowest BCUT2D eigenvalue weighted by Gasteiger charge is -2.02. The summed E-state index contributed by atoms with van der Waals surface area (Å²) < 4.78 is 0. The van der Waals surface area contributed by atoms with Crippen LogP contribution in [0.15, 0.2) is 59.2 Å². The van der Waals surface area contributed by atoms with E-state index in [0.717, 1.165) is 22.8 Å². The quantitative estimate of drug-likeness (QED) is 0.454. The first-order chi connectivity index (χ1) is 9.58. The number of hydrogen-bond donors (Lipinski definition) is 1. The first-order valence-corrected chi connectivity index (χ1v) is 6.77. The summed E-state index contributed by atoms with van der Waals surface area (Å²) in [4.78, 5) is 12.3. The van der Waals surface area contributed by atoms with Crippen LogP contribution < -0.4 is 0 Å². The van der Waals surface area contributed by atoms with E-state index >= 15 is 0 Å². The van der Waals surface area contributed by atoms with Crippen molar-refractivity contribution in [1.82, 2.24) is 4.98 Å². The molecule has 20 heavy (non-hydrogen) atoms. The molecule has 1 unspecified atom stereocenters. The molecule has 3 nitrogen and oxygen atoms in total. The van der Waals surface area contributed by atoms with Crippen LogP contribution in [0.5, 0.6) is 0 Å². The topological polar surface area (TPSA) is 40.5 Å². The molecule has 1 aromatic heterocycles. The molecule has 1 N–H and O–H groups in total. The normalized spacial score (nSPS) is 15.2. The van der Waals surface area contributed by atoms with Crippen molar-refractivity contribution in [3.8, 4) is 0 Å². The minimum absolute atomic E-state index is 0.192. The molecule has 0 aromatic carbocycles. The van der Waals surface area contributed by atoms with Crippen LogP contribution in [0.4, 0.5) is 0 Å². The summed E-state index contributed by atoms with van der Waals surface area (Å²) in [5.41, 5.74) is 3.96. The van der Waals surface area contributed by atoms with Gasteiger partial charge >= 0.3 is 0 Å². The van der Waals surface area contributed by atoms with Gasteiger partial charge in [-0.25, -0.2) is 0 Å². The maximum atomic E-state index is 4.62. The van der Waals surface area contributed by atoms with E-state index in [0.29, 0.717) is 0 Å². The van der Waals surface area contributed by atoms with Gasteiger partial charge in [0.25, 0.3) is 0 Å². The number of nitrogens with one attached hydrogen (secondary N) is 1. The van der Waals surface area contributed by atoms with Gasteiger partial charge in [-0.1, -0.05) is 24.8 Å². The summed E-state index contributed by atoms with van der Waals surface area (Å²) in [5, 5.41) is 0. The minimum Gasteiger partial charge on any atom is -0.353 e. The van der Waals surface area contributed by atoms with E-state index in [2.05, 4.69) is 34.5 Å². The maximum absolute atomic E-state index is 4.62. The van der Waals surface area contributed by atoms with Crippen LogP contribution in [-0.2, 0) is 0 Å². The SMILES string of the molecule is C=C/C=C/N=C(C)c1ccc(C(C)=NC(C)/C=C\C)[nH]1. The molecule has 0 saturated heterocycles. The fourth-order valence-electron chi connectivity index (χ4n) is 1.80. The second kappa shape index (κ2) is 8.10. The van der Waals surface area contributed by atoms with E-state index in [1.54, 1.807) is 18.4 Å². The van der Waals surface area contributed by atoms with Gasteiger partial charge < -0.3 is 4.98 Å². The molecule has 0 aliphatic rings. The Bertz CT molecular complexity index is 557. The fourth-order valence-corrected chi connectivity index (χ4v) is 1.80. The van der Waals surface area contributed by atoms with Gasteiger partial charge in [0, 0.05) is 6.20 Å². The Kier molecular flexibility index (Phi) is 6.44. The highest BCUT2D eigenvalue weighted by atomic mass is 14.8. The molecule has 0 amide bonds. The van der Waals surface area contributed by atoms with Crippen molar-refractivity contribution in [3.63, 3.8) is 0 Å². The number of aromatic amines is 1. The molecule has 106 valence electrons. The first kappa shape index (κ1) is 15.9. The molecule has 0 radical (unpaired) electrons. The third-order valence-electron chi connectivity index (χ3n) is 2.82. The van der Waals surface area contributed by atoms with Gasteiger partial charge in [-0.15, -0.1) is 0 Å². The van der Waals surface area contributed by atoms with Crippen molar-refractivity contribution in [2.45, 2.75) is 33.7 Å². The Balaban J connectivity index is 2.89. The number of hydrogen-bond acceptors (Lipinski definition) is 2. The summed E-state index contributed by atoms with van der Waals surface area (Å²) in [6, 6.07) is 4.25. The number of nitrogens with zero attached hydrogens (tertiary/aromatic N) is 2. The fraction of sp³-hybridized carbons (Fsp3) is 0.294. The lowest BCUT2D eigenvalue weighted by molar-refractivity contribution is 0.922. The summed E-state index contributed by atoms with van der Waals surface area (Å²) in [6.07, 6.45) is 9.33. The van der Waals surface area contributed by atoms with Crippen LogP contribution in [0.1, 0.15) is 39.1 Å². The van der Waals surface area contributed by atoms with Crippen molar-refractivity contribution in [1.29, 1.82) is 0 Å². The molecule has 0 fully saturated rings. The molecule has 0 bridgehead atoms. The molecule has 0 saturated carbocycles. The van der Waals surface area contributed by atoms with Crippen molar-refractivity contribution < 1.29 is 0 Å². The molecule has 1 heterocycles. The Morgan fingerprint density at radius 2 is 1.90 bits per heavy atom. The Labute approximate surface area is 121 Å². The van der Waals surface area contributed by atoms with Gasteiger partial charge in [0.15, 0.2) is 0 Å². The zero-order chi connectivity index (χ0) is 15.0. The summed E-state index contributed by atoms with van der Waals surface area (Å²) in [6.45, 7) is 11.7. The lowest BCUT2D eigenvalue weighted by Crippen LogP contribution is -2.03. The average Bonchev–Trinajstić information content (AvgIpc) is 2.88. The highest BCUT2D eigenvalue weighted by molar-refractivity contribution is 6.02. The van der Waals surface area contributed by atoms with Gasteiger partial charge in [-0.2, -0.15) is 0 Å². The van der Waals surface area contributed by atoms with E-state index in [1.807, 2.05) is 39.0 Å². The van der Waals surface area contributed by atoms with Crippen molar-refractivity contribution in [3.05, 3.63) is 60.6 Å². The Hall–Kier alpha value is -2.16. The average molecular weight is 269 g/mol. The van der Waals surface area contributed by atoms with Crippen molar-refractivity contribution in [2.24, 2.45) is 9.98 Å². The van der Waals surface area contributed by atoms with E-state index in [9.17, 15) is 0 Å². The number of allylic oxidation sites excluding steroid dienone is 3. The van der Waals surface area contributed by atoms with Crippen LogP contribution in [-0.4, -0.2) is 22.4 Å². The highest BCUT2D eigenvalue weighted by Gasteiger charge is 2.04. The second-order valence-electron chi connectivity index (χ2n) is 4.56. The largest absolute Gasteiger partial charge is 0.353 e. The van der Waals surface area contributed by atoms with Crippen LogP contribution in [0.25, 0.3) is 0 Å². The van der Waals surface area contributed by atoms with Gasteiger partial charge in [0.05, 0.1) is 28.9 Å². The standard InChI is InChI=1S/C17H23N3/c1-6-8-12-18-14(4)16-10-11-17(20-16)15(5)19-13(3)9-7-2/h6-13,20H,1H2,2-5H3/b9-7-,12-8+,18-14?,19-15?. The summed E-state index contributed by atoms with van der Waals surface area (Å²) >= 11 is 0. The molecule has 1 aromatic rings. The minimum atomic E-state index is 0.192. The molecule has 1 rings (SSSR count).